The number of sulfone groups is 2. The monoisotopic (exact) mass is 420 g/mol. The van der Waals surface area contributed by atoms with Crippen molar-refractivity contribution in [2.24, 2.45) is 0 Å². The Labute approximate surface area is 161 Å². The van der Waals surface area contributed by atoms with Gasteiger partial charge in [-0.15, -0.1) is 0 Å². The molecule has 1 aliphatic heterocycles. The van der Waals surface area contributed by atoms with Gasteiger partial charge >= 0.3 is 0 Å². The molecular weight excluding hydrogens is 392 g/mol. The zero-order chi connectivity index (χ0) is 20.2. The van der Waals surface area contributed by atoms with Crippen LogP contribution in [0, 0.1) is 0 Å². The molecule has 10 heteroatoms. The van der Waals surface area contributed by atoms with E-state index in [4.69, 9.17) is 9.47 Å². The highest BCUT2D eigenvalue weighted by Gasteiger charge is 2.45. The van der Waals surface area contributed by atoms with Crippen molar-refractivity contribution < 1.29 is 26.3 Å². The van der Waals surface area contributed by atoms with Crippen LogP contribution in [0.1, 0.15) is 6.42 Å². The molecule has 27 heavy (non-hydrogen) atoms. The summed E-state index contributed by atoms with van der Waals surface area (Å²) < 4.78 is 60.9. The Kier molecular flexibility index (Phi) is 7.12. The normalized spacial score (nSPS) is 22.1. The number of ether oxygens (including phenoxy) is 2. The molecule has 0 aromatic heterocycles. The van der Waals surface area contributed by atoms with Gasteiger partial charge in [-0.3, -0.25) is 0 Å². The van der Waals surface area contributed by atoms with Gasteiger partial charge in [0.1, 0.15) is 0 Å². The molecule has 2 atom stereocenters. The lowest BCUT2D eigenvalue weighted by molar-refractivity contribution is 0.354. The van der Waals surface area contributed by atoms with E-state index >= 15 is 0 Å². The second kappa shape index (κ2) is 8.76. The van der Waals surface area contributed by atoms with Crippen LogP contribution in [0.3, 0.4) is 0 Å². The molecule has 1 fully saturated rings. The Bertz CT molecular complexity index is 852. The fourth-order valence-corrected chi connectivity index (χ4v) is 7.89. The van der Waals surface area contributed by atoms with Gasteiger partial charge in [-0.25, -0.2) is 16.8 Å². The summed E-state index contributed by atoms with van der Waals surface area (Å²) in [6, 6.07) is 3.68. The van der Waals surface area contributed by atoms with Crippen LogP contribution in [-0.4, -0.2) is 85.9 Å². The minimum Gasteiger partial charge on any atom is -0.493 e. The van der Waals surface area contributed by atoms with Crippen LogP contribution >= 0.6 is 0 Å². The van der Waals surface area contributed by atoms with Crippen LogP contribution < -0.4 is 14.8 Å². The fourth-order valence-electron chi connectivity index (χ4n) is 3.16. The second-order valence-corrected chi connectivity index (χ2v) is 11.2. The maximum absolute atomic E-state index is 13.1. The van der Waals surface area contributed by atoms with E-state index in [-0.39, 0.29) is 22.2 Å². The van der Waals surface area contributed by atoms with E-state index in [9.17, 15) is 16.8 Å². The third kappa shape index (κ3) is 5.34. The van der Waals surface area contributed by atoms with E-state index in [1.165, 1.54) is 32.4 Å². The van der Waals surface area contributed by atoms with E-state index in [2.05, 4.69) is 5.32 Å². The lowest BCUT2D eigenvalue weighted by Gasteiger charge is -2.21. The number of nitrogens with zero attached hydrogens (tertiary/aromatic N) is 1. The Balaban J connectivity index is 2.26. The fraction of sp³-hybridized carbons (Fsp3) is 0.647. The molecule has 1 N–H and O–H groups in total. The molecule has 8 nitrogen and oxygen atoms in total. The minimum atomic E-state index is -3.86. The van der Waals surface area contributed by atoms with Gasteiger partial charge in [0.15, 0.2) is 31.2 Å². The van der Waals surface area contributed by atoms with Crippen molar-refractivity contribution >= 4 is 19.7 Å². The predicted molar refractivity (Wildman–Crippen MR) is 104 cm³/mol. The zero-order valence-corrected chi connectivity index (χ0v) is 17.8. The second-order valence-electron chi connectivity index (χ2n) is 6.89. The molecule has 1 aromatic carbocycles. The zero-order valence-electron chi connectivity index (χ0n) is 16.1. The largest absolute Gasteiger partial charge is 0.493 e. The first kappa shape index (κ1) is 21.9. The number of benzene rings is 1. The van der Waals surface area contributed by atoms with Gasteiger partial charge in [0.25, 0.3) is 0 Å². The number of nitrogens with one attached hydrogen (secondary N) is 1. The summed E-state index contributed by atoms with van der Waals surface area (Å²) in [5.74, 6) is 0.144. The highest BCUT2D eigenvalue weighted by molar-refractivity contribution is 7.96. The first-order valence-electron chi connectivity index (χ1n) is 8.65. The number of methoxy groups -OCH3 is 2. The topological polar surface area (TPSA) is 102 Å². The third-order valence-electron chi connectivity index (χ3n) is 4.57. The van der Waals surface area contributed by atoms with Gasteiger partial charge in [-0.1, -0.05) is 0 Å². The van der Waals surface area contributed by atoms with Gasteiger partial charge < -0.3 is 19.7 Å². The minimum absolute atomic E-state index is 0.0299. The van der Waals surface area contributed by atoms with E-state index in [0.29, 0.717) is 12.3 Å². The highest BCUT2D eigenvalue weighted by atomic mass is 32.2. The lowest BCUT2D eigenvalue weighted by atomic mass is 10.2. The predicted octanol–water partition coefficient (Wildman–Crippen LogP) is 0.184. The number of hydrogen-bond acceptors (Lipinski definition) is 8. The van der Waals surface area contributed by atoms with Crippen LogP contribution in [0.25, 0.3) is 0 Å². The molecule has 0 aliphatic carbocycles. The van der Waals surface area contributed by atoms with Crippen molar-refractivity contribution in [3.63, 3.8) is 0 Å². The summed E-state index contributed by atoms with van der Waals surface area (Å²) in [5, 5.41) is 2.10. The van der Waals surface area contributed by atoms with E-state index in [0.717, 1.165) is 13.0 Å². The van der Waals surface area contributed by atoms with Crippen molar-refractivity contribution in [2.75, 3.05) is 52.9 Å². The Morgan fingerprint density at radius 2 is 1.81 bits per heavy atom. The molecule has 1 aromatic rings. The highest BCUT2D eigenvalue weighted by Crippen LogP contribution is 2.33. The van der Waals surface area contributed by atoms with Crippen LogP contribution in [0.5, 0.6) is 11.5 Å². The van der Waals surface area contributed by atoms with Crippen LogP contribution in [0.15, 0.2) is 23.1 Å². The first-order valence-corrected chi connectivity index (χ1v) is 12.0. The molecule has 0 saturated carbocycles. The van der Waals surface area contributed by atoms with Gasteiger partial charge in [-0.2, -0.15) is 0 Å². The maximum Gasteiger partial charge on any atom is 0.183 e. The van der Waals surface area contributed by atoms with Crippen LogP contribution in [0.2, 0.25) is 0 Å². The molecule has 0 spiro atoms. The third-order valence-corrected chi connectivity index (χ3v) is 8.72. The van der Waals surface area contributed by atoms with Crippen molar-refractivity contribution in [1.29, 1.82) is 0 Å². The van der Waals surface area contributed by atoms with Gasteiger partial charge in [0.2, 0.25) is 0 Å². The summed E-state index contributed by atoms with van der Waals surface area (Å²) in [4.78, 5) is 2.05. The first-order chi connectivity index (χ1) is 12.6. The molecule has 1 aliphatic rings. The van der Waals surface area contributed by atoms with Crippen molar-refractivity contribution in [2.45, 2.75) is 22.6 Å². The summed E-state index contributed by atoms with van der Waals surface area (Å²) in [5.41, 5.74) is 0. The van der Waals surface area contributed by atoms with Crippen LogP contribution in [-0.2, 0) is 19.7 Å². The Hall–Kier alpha value is -1.36. The SMILES string of the molecule is COc1ccc(S(=O)(=O)[C@H]2CS(=O)(=O)C[C@@H]2NCCCN(C)C)cc1OC. The van der Waals surface area contributed by atoms with Gasteiger partial charge in [0.05, 0.1) is 35.9 Å². The average molecular weight is 421 g/mol. The molecule has 1 heterocycles. The van der Waals surface area contributed by atoms with E-state index < -0.39 is 31.0 Å². The molecule has 1 saturated heterocycles. The van der Waals surface area contributed by atoms with Crippen LogP contribution in [0.4, 0.5) is 0 Å². The summed E-state index contributed by atoms with van der Waals surface area (Å²) in [7, 11) is -0.504. The smallest absolute Gasteiger partial charge is 0.183 e. The lowest BCUT2D eigenvalue weighted by Crippen LogP contribution is -2.44. The molecule has 2 rings (SSSR count). The Morgan fingerprint density at radius 3 is 2.41 bits per heavy atom. The molecule has 0 unspecified atom stereocenters. The number of rotatable bonds is 9. The summed E-state index contributed by atoms with van der Waals surface area (Å²) in [6.45, 7) is 1.38. The van der Waals surface area contributed by atoms with Crippen molar-refractivity contribution in [1.82, 2.24) is 10.2 Å². The summed E-state index contributed by atoms with van der Waals surface area (Å²) in [6.07, 6.45) is 0.798. The molecule has 0 radical (unpaired) electrons. The Morgan fingerprint density at radius 1 is 1.15 bits per heavy atom. The standard InChI is InChI=1S/C17H28N2O6S2/c1-19(2)9-5-8-18-14-11-26(20,21)12-17(14)27(22,23)13-6-7-15(24-3)16(10-13)25-4/h6-7,10,14,17-18H,5,8-9,11-12H2,1-4H3/t14-,17-/m0/s1. The molecule has 154 valence electrons. The van der Waals surface area contributed by atoms with Gasteiger partial charge in [-0.05, 0) is 45.7 Å². The molecule has 0 amide bonds. The quantitative estimate of drug-likeness (QED) is 0.565. The maximum atomic E-state index is 13.1. The van der Waals surface area contributed by atoms with E-state index in [1.807, 2.05) is 19.0 Å². The van der Waals surface area contributed by atoms with Crippen molar-refractivity contribution in [3.05, 3.63) is 18.2 Å². The molecular formula is C17H28N2O6S2. The summed E-state index contributed by atoms with van der Waals surface area (Å²) >= 11 is 0. The van der Waals surface area contributed by atoms with Gasteiger partial charge in [0, 0.05) is 12.1 Å². The van der Waals surface area contributed by atoms with Crippen molar-refractivity contribution in [3.8, 4) is 11.5 Å². The number of hydrogen-bond donors (Lipinski definition) is 1. The van der Waals surface area contributed by atoms with E-state index in [1.54, 1.807) is 0 Å². The average Bonchev–Trinajstić information content (AvgIpc) is 2.93. The molecule has 0 bridgehead atoms.